The number of carbonyl (C=O) groups excluding carboxylic acids is 1. The average molecular weight is 284 g/mol. The third-order valence-corrected chi connectivity index (χ3v) is 2.37. The molecule has 1 rings (SSSR count). The maximum Gasteiger partial charge on any atom is 0.326 e. The number of hydrogen-bond donors (Lipinski definition) is 4. The Morgan fingerprint density at radius 2 is 2.00 bits per heavy atom. The van der Waals surface area contributed by atoms with Crippen LogP contribution in [0.5, 0.6) is 0 Å². The minimum absolute atomic E-state index is 0.118. The number of urea groups is 1. The molecule has 9 heteroatoms. The molecule has 1 aromatic rings. The maximum atomic E-state index is 11.6. The van der Waals surface area contributed by atoms with Crippen LogP contribution in [0.3, 0.4) is 0 Å². The number of rotatable bonds is 6. The van der Waals surface area contributed by atoms with Crippen LogP contribution >= 0.6 is 0 Å². The Morgan fingerprint density at radius 3 is 2.45 bits per heavy atom. The van der Waals surface area contributed by atoms with Crippen molar-refractivity contribution in [1.29, 1.82) is 0 Å². The molecule has 0 spiro atoms. The summed E-state index contributed by atoms with van der Waals surface area (Å²) in [7, 11) is 0. The lowest BCUT2D eigenvalue weighted by Gasteiger charge is -2.12. The van der Waals surface area contributed by atoms with Crippen molar-refractivity contribution in [1.82, 2.24) is 15.1 Å². The Balaban J connectivity index is 2.60. The highest BCUT2D eigenvalue weighted by atomic mass is 16.4. The summed E-state index contributed by atoms with van der Waals surface area (Å²) >= 11 is 0. The summed E-state index contributed by atoms with van der Waals surface area (Å²) in [6.45, 7) is 3.81. The van der Waals surface area contributed by atoms with Gasteiger partial charge in [0, 0.05) is 12.2 Å². The summed E-state index contributed by atoms with van der Waals surface area (Å²) in [6.07, 6.45) is 2.29. The SMILES string of the molecule is CC(C)n1cc(NC(=O)N[C@@H](CC(=O)O)C(=O)O)cn1. The predicted octanol–water partition coefficient (Wildman–Crippen LogP) is 0.513. The highest BCUT2D eigenvalue weighted by molar-refractivity contribution is 5.93. The summed E-state index contributed by atoms with van der Waals surface area (Å²) in [6, 6.07) is -2.18. The Labute approximate surface area is 114 Å². The van der Waals surface area contributed by atoms with Gasteiger partial charge in [0.1, 0.15) is 6.04 Å². The van der Waals surface area contributed by atoms with Gasteiger partial charge in [0.25, 0.3) is 0 Å². The van der Waals surface area contributed by atoms with E-state index in [-0.39, 0.29) is 6.04 Å². The molecule has 0 fully saturated rings. The van der Waals surface area contributed by atoms with Gasteiger partial charge in [-0.1, -0.05) is 0 Å². The number of nitrogens with one attached hydrogen (secondary N) is 2. The van der Waals surface area contributed by atoms with Crippen LogP contribution in [0, 0.1) is 0 Å². The van der Waals surface area contributed by atoms with Crippen LogP contribution in [-0.4, -0.2) is 44.0 Å². The minimum Gasteiger partial charge on any atom is -0.481 e. The third-order valence-electron chi connectivity index (χ3n) is 2.37. The molecular formula is C11H16N4O5. The van der Waals surface area contributed by atoms with E-state index in [1.165, 1.54) is 6.20 Å². The molecule has 0 unspecified atom stereocenters. The molecule has 4 N–H and O–H groups in total. The Morgan fingerprint density at radius 1 is 1.35 bits per heavy atom. The number of aromatic nitrogens is 2. The second-order valence-electron chi connectivity index (χ2n) is 4.39. The molecule has 1 aromatic heterocycles. The third kappa shape index (κ3) is 4.59. The van der Waals surface area contributed by atoms with Crippen molar-refractivity contribution in [2.75, 3.05) is 5.32 Å². The average Bonchev–Trinajstić information content (AvgIpc) is 2.75. The fourth-order valence-electron chi connectivity index (χ4n) is 1.39. The smallest absolute Gasteiger partial charge is 0.326 e. The van der Waals surface area contributed by atoms with Crippen LogP contribution in [0.1, 0.15) is 26.3 Å². The van der Waals surface area contributed by atoms with Crippen molar-refractivity contribution in [3.05, 3.63) is 12.4 Å². The van der Waals surface area contributed by atoms with Crippen molar-refractivity contribution in [2.24, 2.45) is 0 Å². The lowest BCUT2D eigenvalue weighted by atomic mass is 10.2. The second-order valence-corrected chi connectivity index (χ2v) is 4.39. The first-order valence-corrected chi connectivity index (χ1v) is 5.86. The maximum absolute atomic E-state index is 11.6. The molecule has 0 aliphatic carbocycles. The number of carbonyl (C=O) groups is 3. The van der Waals surface area contributed by atoms with E-state index in [2.05, 4.69) is 15.7 Å². The van der Waals surface area contributed by atoms with E-state index in [1.807, 2.05) is 13.8 Å². The van der Waals surface area contributed by atoms with Crippen LogP contribution < -0.4 is 10.6 Å². The van der Waals surface area contributed by atoms with Gasteiger partial charge in [0.15, 0.2) is 0 Å². The number of anilines is 1. The highest BCUT2D eigenvalue weighted by Gasteiger charge is 2.23. The topological polar surface area (TPSA) is 134 Å². The fraction of sp³-hybridized carbons (Fsp3) is 0.455. The lowest BCUT2D eigenvalue weighted by Crippen LogP contribution is -2.44. The van der Waals surface area contributed by atoms with E-state index in [4.69, 9.17) is 10.2 Å². The summed E-state index contributed by atoms with van der Waals surface area (Å²) < 4.78 is 1.61. The van der Waals surface area contributed by atoms with E-state index >= 15 is 0 Å². The van der Waals surface area contributed by atoms with Gasteiger partial charge in [-0.15, -0.1) is 0 Å². The number of hydrogen-bond acceptors (Lipinski definition) is 4. The molecule has 0 radical (unpaired) electrons. The zero-order valence-corrected chi connectivity index (χ0v) is 11.0. The lowest BCUT2D eigenvalue weighted by molar-refractivity contribution is -0.145. The molecule has 0 saturated heterocycles. The normalized spacial score (nSPS) is 11.9. The van der Waals surface area contributed by atoms with Crippen LogP contribution in [0.15, 0.2) is 12.4 Å². The standard InChI is InChI=1S/C11H16N4O5/c1-6(2)15-5-7(4-12-15)13-11(20)14-8(10(18)19)3-9(16)17/h4-6,8H,3H2,1-2H3,(H,16,17)(H,18,19)(H2,13,14,20)/t8-/m0/s1. The first kappa shape index (κ1) is 15.5. The molecular weight excluding hydrogens is 268 g/mol. The number of carboxylic acid groups (broad SMARTS) is 2. The zero-order valence-electron chi connectivity index (χ0n) is 11.0. The van der Waals surface area contributed by atoms with Gasteiger partial charge < -0.3 is 20.8 Å². The minimum atomic E-state index is -1.49. The Kier molecular flexibility index (Phi) is 5.07. The van der Waals surface area contributed by atoms with E-state index in [9.17, 15) is 14.4 Å². The van der Waals surface area contributed by atoms with Crippen LogP contribution in [-0.2, 0) is 9.59 Å². The molecule has 2 amide bonds. The van der Waals surface area contributed by atoms with Crippen LogP contribution in [0.25, 0.3) is 0 Å². The summed E-state index contributed by atoms with van der Waals surface area (Å²) in [5.74, 6) is -2.73. The van der Waals surface area contributed by atoms with Crippen molar-refractivity contribution >= 4 is 23.7 Å². The molecule has 0 aliphatic rings. The van der Waals surface area contributed by atoms with Crippen molar-refractivity contribution in [3.63, 3.8) is 0 Å². The molecule has 1 atom stereocenters. The monoisotopic (exact) mass is 284 g/mol. The van der Waals surface area contributed by atoms with Crippen molar-refractivity contribution < 1.29 is 24.6 Å². The first-order valence-electron chi connectivity index (χ1n) is 5.86. The molecule has 1 heterocycles. The second kappa shape index (κ2) is 6.55. The molecule has 0 bridgehead atoms. The summed E-state index contributed by atoms with van der Waals surface area (Å²) in [5.41, 5.74) is 0.385. The van der Waals surface area contributed by atoms with Gasteiger partial charge in [0.2, 0.25) is 0 Å². The summed E-state index contributed by atoms with van der Waals surface area (Å²) in [5, 5.41) is 25.8. The van der Waals surface area contributed by atoms with Crippen molar-refractivity contribution in [2.45, 2.75) is 32.4 Å². The van der Waals surface area contributed by atoms with Gasteiger partial charge in [-0.3, -0.25) is 9.48 Å². The largest absolute Gasteiger partial charge is 0.481 e. The fourth-order valence-corrected chi connectivity index (χ4v) is 1.39. The van der Waals surface area contributed by atoms with Gasteiger partial charge in [-0.2, -0.15) is 5.10 Å². The zero-order chi connectivity index (χ0) is 15.3. The molecule has 9 nitrogen and oxygen atoms in total. The number of amides is 2. The van der Waals surface area contributed by atoms with Crippen LogP contribution in [0.2, 0.25) is 0 Å². The van der Waals surface area contributed by atoms with Gasteiger partial charge in [-0.25, -0.2) is 9.59 Å². The molecule has 0 aliphatic heterocycles. The van der Waals surface area contributed by atoms with E-state index in [0.29, 0.717) is 5.69 Å². The highest BCUT2D eigenvalue weighted by Crippen LogP contribution is 2.09. The Bertz CT molecular complexity index is 511. The van der Waals surface area contributed by atoms with Gasteiger partial charge in [-0.05, 0) is 13.8 Å². The van der Waals surface area contributed by atoms with Crippen molar-refractivity contribution in [3.8, 4) is 0 Å². The van der Waals surface area contributed by atoms with E-state index in [1.54, 1.807) is 10.9 Å². The predicted molar refractivity (Wildman–Crippen MR) is 68.4 cm³/mol. The molecule has 20 heavy (non-hydrogen) atoms. The Hall–Kier alpha value is -2.58. The first-order chi connectivity index (χ1) is 9.29. The molecule has 0 saturated carbocycles. The quantitative estimate of drug-likeness (QED) is 0.601. The van der Waals surface area contributed by atoms with E-state index < -0.39 is 30.4 Å². The summed E-state index contributed by atoms with van der Waals surface area (Å²) in [4.78, 5) is 32.9. The molecule has 110 valence electrons. The van der Waals surface area contributed by atoms with Crippen LogP contribution in [0.4, 0.5) is 10.5 Å². The van der Waals surface area contributed by atoms with Gasteiger partial charge in [0.05, 0.1) is 18.3 Å². The number of nitrogens with zero attached hydrogens (tertiary/aromatic N) is 2. The number of carboxylic acids is 2. The van der Waals surface area contributed by atoms with E-state index in [0.717, 1.165) is 0 Å². The van der Waals surface area contributed by atoms with Gasteiger partial charge >= 0.3 is 18.0 Å². The molecule has 0 aromatic carbocycles. The number of aliphatic carboxylic acids is 2.